The van der Waals surface area contributed by atoms with Gasteiger partial charge >= 0.3 is 12.4 Å². The minimum Gasteiger partial charge on any atom is -0.369 e. The Hall–Kier alpha value is -5.08. The number of carbonyl (C=O) groups is 2. The molecule has 4 aromatic rings. The Bertz CT molecular complexity index is 2200. The third-order valence-electron chi connectivity index (χ3n) is 10.3. The van der Waals surface area contributed by atoms with E-state index >= 15 is 0 Å². The molecule has 3 aliphatic heterocycles. The second-order valence-corrected chi connectivity index (χ2v) is 16.3. The number of alkyl halides is 6. The van der Waals surface area contributed by atoms with Gasteiger partial charge in [0.15, 0.2) is 0 Å². The van der Waals surface area contributed by atoms with Gasteiger partial charge in [-0.15, -0.1) is 0 Å². The molecular formula is C37H39F6N9O4S. The summed E-state index contributed by atoms with van der Waals surface area (Å²) in [7, 11) is -3.87. The van der Waals surface area contributed by atoms with E-state index in [9.17, 15) is 44.3 Å². The maximum absolute atomic E-state index is 13.8. The molecule has 1 atom stereocenters. The molecular weight excluding hydrogens is 781 g/mol. The first-order chi connectivity index (χ1) is 27.0. The standard InChI is InChI=1S/C37H39F6N9O4S/c38-36(39,40)23-51-22-26(19-45-51)33-31(37(41,42)43)20-44-35(48-33)46-27-10-12-52(13-11-27)57(55,56)29-3-1-2-24(18-29)21-49-14-16-50(17-15-49)28-6-4-25(5-7-28)30-8-9-32(53)47-34(30)54/h1-7,18-20,22,27,30H,8-17,21,23H2,(H,44,46,48)(H,47,53,54). The molecule has 2 aromatic heterocycles. The quantitative estimate of drug-likeness (QED) is 0.165. The number of aromatic nitrogens is 4. The Balaban J connectivity index is 0.925. The number of halogens is 6. The molecule has 0 aliphatic carbocycles. The predicted molar refractivity (Wildman–Crippen MR) is 195 cm³/mol. The van der Waals surface area contributed by atoms with Gasteiger partial charge in [0.05, 0.1) is 22.7 Å². The first-order valence-electron chi connectivity index (χ1n) is 18.3. The van der Waals surface area contributed by atoms with Gasteiger partial charge in [0, 0.05) is 81.9 Å². The van der Waals surface area contributed by atoms with E-state index in [1.165, 1.54) is 4.31 Å². The number of hydrogen-bond acceptors (Lipinski definition) is 10. The van der Waals surface area contributed by atoms with Crippen LogP contribution in [0, 0.1) is 0 Å². The number of carbonyl (C=O) groups excluding carboxylic acids is 2. The molecule has 2 amide bonds. The molecule has 0 spiro atoms. The first-order valence-corrected chi connectivity index (χ1v) is 19.8. The lowest BCUT2D eigenvalue weighted by Crippen LogP contribution is -2.46. The van der Waals surface area contributed by atoms with Crippen LogP contribution in [0.1, 0.15) is 48.3 Å². The molecule has 3 fully saturated rings. The highest BCUT2D eigenvalue weighted by atomic mass is 32.2. The fraction of sp³-hybridized carbons (Fsp3) is 0.432. The summed E-state index contributed by atoms with van der Waals surface area (Å²) in [5.41, 5.74) is 0.617. The van der Waals surface area contributed by atoms with Gasteiger partial charge in [-0.05, 0) is 54.7 Å². The zero-order chi connectivity index (χ0) is 40.5. The molecule has 20 heteroatoms. The van der Waals surface area contributed by atoms with Gasteiger partial charge in [-0.1, -0.05) is 24.3 Å². The Kier molecular flexibility index (Phi) is 11.3. The summed E-state index contributed by atoms with van der Waals surface area (Å²) in [6.45, 7) is 2.32. The maximum atomic E-state index is 13.8. The summed E-state index contributed by atoms with van der Waals surface area (Å²) >= 11 is 0. The van der Waals surface area contributed by atoms with Gasteiger partial charge in [0.1, 0.15) is 12.1 Å². The Morgan fingerprint density at radius 1 is 0.877 bits per heavy atom. The molecule has 5 heterocycles. The van der Waals surface area contributed by atoms with Gasteiger partial charge in [-0.2, -0.15) is 35.7 Å². The number of amides is 2. The van der Waals surface area contributed by atoms with E-state index in [1.807, 2.05) is 30.3 Å². The van der Waals surface area contributed by atoms with Crippen molar-refractivity contribution < 1.29 is 44.3 Å². The van der Waals surface area contributed by atoms with Crippen LogP contribution in [0.15, 0.2) is 72.0 Å². The third kappa shape index (κ3) is 9.56. The number of nitrogens with zero attached hydrogens (tertiary/aromatic N) is 7. The highest BCUT2D eigenvalue weighted by Crippen LogP contribution is 2.36. The number of imide groups is 1. The number of nitrogens with one attached hydrogen (secondary N) is 2. The summed E-state index contributed by atoms with van der Waals surface area (Å²) in [4.78, 5) is 36.2. The second kappa shape index (κ2) is 16.0. The van der Waals surface area contributed by atoms with Crippen LogP contribution < -0.4 is 15.5 Å². The van der Waals surface area contributed by atoms with Gasteiger partial charge < -0.3 is 10.2 Å². The Labute approximate surface area is 324 Å². The molecule has 304 valence electrons. The lowest BCUT2D eigenvalue weighted by molar-refractivity contribution is -0.142. The topological polar surface area (TPSA) is 146 Å². The molecule has 0 saturated carbocycles. The number of hydrogen-bond donors (Lipinski definition) is 2. The van der Waals surface area contributed by atoms with E-state index in [4.69, 9.17) is 0 Å². The summed E-state index contributed by atoms with van der Waals surface area (Å²) in [5.74, 6) is -1.03. The van der Waals surface area contributed by atoms with Gasteiger partial charge in [-0.25, -0.2) is 18.4 Å². The van der Waals surface area contributed by atoms with Crippen molar-refractivity contribution in [2.75, 3.05) is 49.5 Å². The highest BCUT2D eigenvalue weighted by Gasteiger charge is 2.37. The summed E-state index contributed by atoms with van der Waals surface area (Å²) < 4.78 is 109. The number of rotatable bonds is 10. The van der Waals surface area contributed by atoms with Gasteiger partial charge in [0.2, 0.25) is 27.8 Å². The molecule has 7 rings (SSSR count). The second-order valence-electron chi connectivity index (χ2n) is 14.3. The van der Waals surface area contributed by atoms with Crippen molar-refractivity contribution >= 4 is 33.5 Å². The average Bonchev–Trinajstić information content (AvgIpc) is 3.62. The van der Waals surface area contributed by atoms with Crippen molar-refractivity contribution in [3.05, 3.63) is 83.8 Å². The zero-order valence-corrected chi connectivity index (χ0v) is 31.2. The molecule has 1 unspecified atom stereocenters. The van der Waals surface area contributed by atoms with E-state index in [1.54, 1.807) is 18.2 Å². The van der Waals surface area contributed by atoms with Crippen molar-refractivity contribution in [2.45, 2.75) is 68.0 Å². The number of sulfonamides is 1. The molecule has 3 aliphatic rings. The normalized spacial score (nSPS) is 19.5. The number of anilines is 2. The average molecular weight is 820 g/mol. The first kappa shape index (κ1) is 40.1. The van der Waals surface area contributed by atoms with Crippen LogP contribution in [0.3, 0.4) is 0 Å². The molecule has 3 saturated heterocycles. The van der Waals surface area contributed by atoms with E-state index in [2.05, 4.69) is 35.5 Å². The summed E-state index contributed by atoms with van der Waals surface area (Å²) in [6.07, 6.45) is -5.83. The lowest BCUT2D eigenvalue weighted by Gasteiger charge is -2.36. The van der Waals surface area contributed by atoms with Crippen LogP contribution in [0.2, 0.25) is 0 Å². The molecule has 13 nitrogen and oxygen atoms in total. The molecule has 0 radical (unpaired) electrons. The molecule has 2 aromatic carbocycles. The van der Waals surface area contributed by atoms with Crippen molar-refractivity contribution in [1.29, 1.82) is 0 Å². The summed E-state index contributed by atoms with van der Waals surface area (Å²) in [5, 5.41) is 8.90. The van der Waals surface area contributed by atoms with E-state index in [0.717, 1.165) is 55.4 Å². The number of piperazine rings is 1. The highest BCUT2D eigenvalue weighted by molar-refractivity contribution is 7.89. The fourth-order valence-corrected chi connectivity index (χ4v) is 8.90. The minimum atomic E-state index is -4.89. The smallest absolute Gasteiger partial charge is 0.369 e. The van der Waals surface area contributed by atoms with E-state index in [0.29, 0.717) is 43.1 Å². The van der Waals surface area contributed by atoms with Crippen LogP contribution in [-0.2, 0) is 38.9 Å². The van der Waals surface area contributed by atoms with Crippen LogP contribution in [0.5, 0.6) is 0 Å². The summed E-state index contributed by atoms with van der Waals surface area (Å²) in [6, 6.07) is 14.3. The van der Waals surface area contributed by atoms with E-state index in [-0.39, 0.29) is 53.3 Å². The molecule has 57 heavy (non-hydrogen) atoms. The van der Waals surface area contributed by atoms with Crippen molar-refractivity contribution in [2.24, 2.45) is 0 Å². The number of benzene rings is 2. The zero-order valence-electron chi connectivity index (χ0n) is 30.4. The van der Waals surface area contributed by atoms with Crippen LogP contribution in [0.4, 0.5) is 38.0 Å². The monoisotopic (exact) mass is 819 g/mol. The lowest BCUT2D eigenvalue weighted by atomic mass is 9.90. The maximum Gasteiger partial charge on any atom is 0.419 e. The van der Waals surface area contributed by atoms with Crippen molar-refractivity contribution in [1.82, 2.24) is 34.3 Å². The minimum absolute atomic E-state index is 0.123. The SMILES string of the molecule is O=C1CCC(c2ccc(N3CCN(Cc4cccc(S(=O)(=O)N5CCC(Nc6ncc(C(F)(F)F)c(-c7cnn(CC(F)(F)F)c7)n6)CC5)c4)CC3)cc2)C(=O)N1. The predicted octanol–water partition coefficient (Wildman–Crippen LogP) is 5.03. The van der Waals surface area contributed by atoms with Crippen molar-refractivity contribution in [3.8, 4) is 11.3 Å². The third-order valence-corrected chi connectivity index (χ3v) is 12.2. The van der Waals surface area contributed by atoms with Crippen LogP contribution in [-0.4, -0.2) is 101 Å². The van der Waals surface area contributed by atoms with Gasteiger partial charge in [0.25, 0.3) is 0 Å². The van der Waals surface area contributed by atoms with Gasteiger partial charge in [-0.3, -0.25) is 24.5 Å². The van der Waals surface area contributed by atoms with Crippen molar-refractivity contribution in [3.63, 3.8) is 0 Å². The van der Waals surface area contributed by atoms with Crippen LogP contribution >= 0.6 is 0 Å². The largest absolute Gasteiger partial charge is 0.419 e. The van der Waals surface area contributed by atoms with E-state index < -0.39 is 40.2 Å². The number of piperidine rings is 2. The fourth-order valence-electron chi connectivity index (χ4n) is 7.36. The Morgan fingerprint density at radius 2 is 1.60 bits per heavy atom. The van der Waals surface area contributed by atoms with Crippen LogP contribution in [0.25, 0.3) is 11.3 Å². The molecule has 2 N–H and O–H groups in total. The Morgan fingerprint density at radius 3 is 2.26 bits per heavy atom. The molecule has 0 bridgehead atoms.